The summed E-state index contributed by atoms with van der Waals surface area (Å²) in [6.45, 7) is 7.58. The molecule has 0 heterocycles. The average Bonchev–Trinajstić information content (AvgIpc) is 2.78. The molecular weight excluding hydrogens is 455 g/mol. The fraction of sp³-hybridized carbons (Fsp3) is 0.786. The molecule has 0 aromatic heterocycles. The monoisotopic (exact) mass is 504 g/mol. The van der Waals surface area contributed by atoms with Gasteiger partial charge in [-0.05, 0) is 56.7 Å². The van der Waals surface area contributed by atoms with Crippen molar-refractivity contribution in [1.82, 2.24) is 0 Å². The molecule has 1 aromatic rings. The van der Waals surface area contributed by atoms with E-state index in [4.69, 9.17) is 4.74 Å². The Bertz CT molecular complexity index is 736. The van der Waals surface area contributed by atoms with Crippen LogP contribution in [0.25, 0.3) is 0 Å². The quantitative estimate of drug-likeness (QED) is 0.143. The van der Waals surface area contributed by atoms with Crippen LogP contribution in [0.15, 0.2) is 18.2 Å². The van der Waals surface area contributed by atoms with Gasteiger partial charge in [-0.15, -0.1) is 0 Å². The first-order chi connectivity index (χ1) is 15.8. The Labute approximate surface area is 233 Å². The standard InChI is InChI=1S/C28H50O4S.Na/c1-5-7-9-11-13-15-17-19-26-21-22-28(32-24(3)25(4)33(29,30)31)27(23-26)20-18-16-14-12-10-8-6-2;/h21-25H,5-20H2,1-4H3,(H,29,30,31);/q;+1/p-1. The zero-order chi connectivity index (χ0) is 24.5. The molecule has 6 heteroatoms. The van der Waals surface area contributed by atoms with Crippen LogP contribution >= 0.6 is 0 Å². The predicted molar refractivity (Wildman–Crippen MR) is 139 cm³/mol. The Kier molecular flexibility index (Phi) is 20.0. The maximum Gasteiger partial charge on any atom is 1.00 e. The van der Waals surface area contributed by atoms with Gasteiger partial charge in [-0.2, -0.15) is 0 Å². The number of ether oxygens (including phenoxy) is 1. The van der Waals surface area contributed by atoms with Crippen molar-refractivity contribution in [3.63, 3.8) is 0 Å². The predicted octanol–water partition coefficient (Wildman–Crippen LogP) is 4.98. The molecule has 2 atom stereocenters. The smallest absolute Gasteiger partial charge is 0.748 e. The van der Waals surface area contributed by atoms with Crippen LogP contribution in [0, 0.1) is 0 Å². The summed E-state index contributed by atoms with van der Waals surface area (Å²) >= 11 is 0. The van der Waals surface area contributed by atoms with Gasteiger partial charge in [0.2, 0.25) is 0 Å². The molecule has 1 rings (SSSR count). The largest absolute Gasteiger partial charge is 1.00 e. The third-order valence-electron chi connectivity index (χ3n) is 6.67. The summed E-state index contributed by atoms with van der Waals surface area (Å²) in [7, 11) is -4.37. The summed E-state index contributed by atoms with van der Waals surface area (Å²) in [4.78, 5) is 0. The number of aryl methyl sites for hydroxylation is 2. The molecule has 2 unspecified atom stereocenters. The number of hydrogen-bond acceptors (Lipinski definition) is 4. The molecule has 0 aliphatic heterocycles. The molecule has 0 N–H and O–H groups in total. The summed E-state index contributed by atoms with van der Waals surface area (Å²) in [6.07, 6.45) is 19.2. The van der Waals surface area contributed by atoms with Crippen LogP contribution < -0.4 is 34.3 Å². The van der Waals surface area contributed by atoms with E-state index in [1.165, 1.54) is 96.0 Å². The first-order valence-corrected chi connectivity index (χ1v) is 15.0. The maximum atomic E-state index is 11.4. The van der Waals surface area contributed by atoms with Crippen LogP contribution in [-0.2, 0) is 23.0 Å². The summed E-state index contributed by atoms with van der Waals surface area (Å²) in [5, 5.41) is -1.07. The Morgan fingerprint density at radius 3 is 1.74 bits per heavy atom. The van der Waals surface area contributed by atoms with Crippen LogP contribution in [-0.4, -0.2) is 24.3 Å². The van der Waals surface area contributed by atoms with E-state index in [1.54, 1.807) is 6.92 Å². The normalized spacial score (nSPS) is 13.3. The third kappa shape index (κ3) is 15.1. The molecular formula is C28H49NaO4S. The van der Waals surface area contributed by atoms with E-state index in [-0.39, 0.29) is 29.6 Å². The molecule has 0 amide bonds. The van der Waals surface area contributed by atoms with E-state index in [1.807, 2.05) is 6.07 Å². The Hall–Kier alpha value is -0.0700. The van der Waals surface area contributed by atoms with E-state index in [9.17, 15) is 13.0 Å². The molecule has 34 heavy (non-hydrogen) atoms. The fourth-order valence-electron chi connectivity index (χ4n) is 4.19. The molecule has 0 spiro atoms. The van der Waals surface area contributed by atoms with Gasteiger partial charge >= 0.3 is 29.6 Å². The van der Waals surface area contributed by atoms with E-state index >= 15 is 0 Å². The Morgan fingerprint density at radius 2 is 1.24 bits per heavy atom. The van der Waals surface area contributed by atoms with Crippen molar-refractivity contribution in [1.29, 1.82) is 0 Å². The van der Waals surface area contributed by atoms with Crippen molar-refractivity contribution in [2.75, 3.05) is 0 Å². The van der Waals surface area contributed by atoms with Crippen molar-refractivity contribution in [2.24, 2.45) is 0 Å². The number of rotatable bonds is 20. The summed E-state index contributed by atoms with van der Waals surface area (Å²) in [6, 6.07) is 6.32. The minimum absolute atomic E-state index is 0. The minimum atomic E-state index is -4.37. The number of benzene rings is 1. The Balaban J connectivity index is 0.0000109. The molecule has 0 aliphatic carbocycles. The maximum absolute atomic E-state index is 11.4. The third-order valence-corrected chi connectivity index (χ3v) is 7.97. The summed E-state index contributed by atoms with van der Waals surface area (Å²) in [5.74, 6) is 0.729. The van der Waals surface area contributed by atoms with Gasteiger partial charge in [0.05, 0.1) is 5.25 Å². The minimum Gasteiger partial charge on any atom is -0.748 e. The zero-order valence-electron chi connectivity index (χ0n) is 22.7. The van der Waals surface area contributed by atoms with Crippen molar-refractivity contribution in [3.05, 3.63) is 29.3 Å². The molecule has 1 aromatic carbocycles. The van der Waals surface area contributed by atoms with Crippen LogP contribution in [0.4, 0.5) is 0 Å². The molecule has 0 saturated carbocycles. The van der Waals surface area contributed by atoms with Gasteiger partial charge in [0.15, 0.2) is 0 Å². The second kappa shape index (κ2) is 20.0. The van der Waals surface area contributed by atoms with Crippen molar-refractivity contribution in [3.8, 4) is 5.75 Å². The van der Waals surface area contributed by atoms with Crippen molar-refractivity contribution >= 4 is 10.1 Å². The summed E-state index contributed by atoms with van der Waals surface area (Å²) < 4.78 is 40.2. The zero-order valence-corrected chi connectivity index (χ0v) is 25.6. The Morgan fingerprint density at radius 1 is 0.765 bits per heavy atom. The average molecular weight is 505 g/mol. The van der Waals surface area contributed by atoms with Gasteiger partial charge in [0.1, 0.15) is 22.0 Å². The second-order valence-corrected chi connectivity index (χ2v) is 11.4. The number of hydrogen-bond donors (Lipinski definition) is 0. The summed E-state index contributed by atoms with van der Waals surface area (Å²) in [5.41, 5.74) is 2.47. The van der Waals surface area contributed by atoms with E-state index < -0.39 is 21.5 Å². The van der Waals surface area contributed by atoms with E-state index in [0.29, 0.717) is 0 Å². The van der Waals surface area contributed by atoms with Crippen molar-refractivity contribution in [2.45, 2.75) is 142 Å². The van der Waals surface area contributed by atoms with Crippen LogP contribution in [0.2, 0.25) is 0 Å². The fourth-order valence-corrected chi connectivity index (χ4v) is 4.71. The molecule has 0 bridgehead atoms. The molecule has 0 radical (unpaired) electrons. The first kappa shape index (κ1) is 33.9. The van der Waals surface area contributed by atoms with Gasteiger partial charge in [0, 0.05) is 0 Å². The van der Waals surface area contributed by atoms with Gasteiger partial charge < -0.3 is 9.29 Å². The van der Waals surface area contributed by atoms with Gasteiger partial charge in [-0.3, -0.25) is 0 Å². The first-order valence-electron chi connectivity index (χ1n) is 13.5. The molecule has 0 aliphatic rings. The molecule has 0 saturated heterocycles. The van der Waals surface area contributed by atoms with Crippen LogP contribution in [0.3, 0.4) is 0 Å². The van der Waals surface area contributed by atoms with Gasteiger partial charge in [-0.25, -0.2) is 8.42 Å². The second-order valence-electron chi connectivity index (χ2n) is 9.71. The number of unbranched alkanes of at least 4 members (excludes halogenated alkanes) is 12. The SMILES string of the molecule is CCCCCCCCCc1ccc(OC(C)C(C)S(=O)(=O)[O-])c(CCCCCCCCC)c1.[Na+]. The molecule has 192 valence electrons. The molecule has 0 fully saturated rings. The van der Waals surface area contributed by atoms with Crippen molar-refractivity contribution < 1.29 is 47.3 Å². The van der Waals surface area contributed by atoms with Gasteiger partial charge in [0.25, 0.3) is 0 Å². The van der Waals surface area contributed by atoms with E-state index in [2.05, 4.69) is 26.0 Å². The topological polar surface area (TPSA) is 66.4 Å². The molecule has 4 nitrogen and oxygen atoms in total. The van der Waals surface area contributed by atoms with Crippen LogP contribution in [0.5, 0.6) is 5.75 Å². The van der Waals surface area contributed by atoms with E-state index in [0.717, 1.165) is 30.6 Å². The van der Waals surface area contributed by atoms with Crippen LogP contribution in [0.1, 0.15) is 129 Å². The van der Waals surface area contributed by atoms with Gasteiger partial charge in [-0.1, -0.05) is 103 Å².